The number of anilines is 1. The summed E-state index contributed by atoms with van der Waals surface area (Å²) in [4.78, 5) is 12.5. The number of nitrogens with zero attached hydrogens (tertiary/aromatic N) is 2. The normalized spacial score (nSPS) is 20.6. The SMILES string of the molecule is CN(c1ccc(C(=O)N[C@H]2COC[C@H]2CS(=O)(=O)N(C)C)cc1)S(C)(=O)=O. The van der Waals surface area contributed by atoms with Crippen LogP contribution in [0.3, 0.4) is 0 Å². The summed E-state index contributed by atoms with van der Waals surface area (Å²) >= 11 is 0. The summed E-state index contributed by atoms with van der Waals surface area (Å²) in [7, 11) is -2.43. The van der Waals surface area contributed by atoms with Gasteiger partial charge in [0.05, 0.1) is 37.0 Å². The molecule has 2 rings (SSSR count). The van der Waals surface area contributed by atoms with Gasteiger partial charge in [-0.1, -0.05) is 0 Å². The van der Waals surface area contributed by atoms with Crippen molar-refractivity contribution in [1.29, 1.82) is 0 Å². The summed E-state index contributed by atoms with van der Waals surface area (Å²) in [5.41, 5.74) is 0.787. The molecule has 1 aromatic carbocycles. The number of benzene rings is 1. The van der Waals surface area contributed by atoms with E-state index in [1.807, 2.05) is 0 Å². The van der Waals surface area contributed by atoms with Gasteiger partial charge in [-0.25, -0.2) is 21.1 Å². The summed E-state index contributed by atoms with van der Waals surface area (Å²) in [6.07, 6.45) is 1.09. The minimum absolute atomic E-state index is 0.108. The van der Waals surface area contributed by atoms with Crippen LogP contribution in [0.15, 0.2) is 24.3 Å². The van der Waals surface area contributed by atoms with Crippen LogP contribution in [0.25, 0.3) is 0 Å². The number of amides is 1. The molecule has 1 heterocycles. The van der Waals surface area contributed by atoms with Crippen LogP contribution in [0.4, 0.5) is 5.69 Å². The van der Waals surface area contributed by atoms with Gasteiger partial charge in [-0.15, -0.1) is 0 Å². The smallest absolute Gasteiger partial charge is 0.251 e. The first-order valence-electron chi connectivity index (χ1n) is 8.24. The van der Waals surface area contributed by atoms with E-state index >= 15 is 0 Å². The maximum absolute atomic E-state index is 12.5. The largest absolute Gasteiger partial charge is 0.379 e. The number of hydrogen-bond acceptors (Lipinski definition) is 6. The molecule has 1 saturated heterocycles. The molecule has 0 bridgehead atoms. The van der Waals surface area contributed by atoms with Crippen molar-refractivity contribution in [3.63, 3.8) is 0 Å². The first-order chi connectivity index (χ1) is 12.4. The Morgan fingerprint density at radius 3 is 2.22 bits per heavy atom. The Labute approximate surface area is 160 Å². The van der Waals surface area contributed by atoms with Gasteiger partial charge >= 0.3 is 0 Å². The van der Waals surface area contributed by atoms with Crippen molar-refractivity contribution in [1.82, 2.24) is 9.62 Å². The van der Waals surface area contributed by atoms with Crippen molar-refractivity contribution in [2.45, 2.75) is 6.04 Å². The molecule has 1 fully saturated rings. The van der Waals surface area contributed by atoms with Gasteiger partial charge in [0.1, 0.15) is 0 Å². The lowest BCUT2D eigenvalue weighted by atomic mass is 10.1. The van der Waals surface area contributed by atoms with E-state index < -0.39 is 26.1 Å². The molecule has 1 aromatic rings. The van der Waals surface area contributed by atoms with Gasteiger partial charge in [0.2, 0.25) is 20.0 Å². The standard InChI is InChI=1S/C16H25N3O6S2/c1-18(2)27(23,24)11-13-9-25-10-15(13)17-16(20)12-5-7-14(8-6-12)19(3)26(4,21)22/h5-8,13,15H,9-11H2,1-4H3,(H,17,20)/t13-,15-/m0/s1. The molecule has 152 valence electrons. The number of sulfonamides is 2. The number of nitrogens with one attached hydrogen (secondary N) is 1. The summed E-state index contributed by atoms with van der Waals surface area (Å²) in [6, 6.07) is 5.71. The molecule has 0 aromatic heterocycles. The highest BCUT2D eigenvalue weighted by Gasteiger charge is 2.34. The fourth-order valence-corrected chi connectivity index (χ4v) is 4.28. The van der Waals surface area contributed by atoms with Crippen molar-refractivity contribution in [2.75, 3.05) is 50.7 Å². The van der Waals surface area contributed by atoms with Crippen LogP contribution < -0.4 is 9.62 Å². The lowest BCUT2D eigenvalue weighted by molar-refractivity contribution is 0.0926. The highest BCUT2D eigenvalue weighted by atomic mass is 32.2. The molecule has 1 amide bonds. The molecule has 9 nitrogen and oxygen atoms in total. The van der Waals surface area contributed by atoms with Crippen LogP contribution in [0.1, 0.15) is 10.4 Å². The van der Waals surface area contributed by atoms with E-state index in [2.05, 4.69) is 5.32 Å². The summed E-state index contributed by atoms with van der Waals surface area (Å²) in [5, 5.41) is 2.81. The molecule has 1 N–H and O–H groups in total. The minimum atomic E-state index is -3.40. The van der Waals surface area contributed by atoms with E-state index in [1.54, 1.807) is 0 Å². The van der Waals surface area contributed by atoms with Gasteiger partial charge in [-0.2, -0.15) is 0 Å². The third-order valence-electron chi connectivity index (χ3n) is 4.49. The number of carbonyl (C=O) groups excluding carboxylic acids is 1. The maximum Gasteiger partial charge on any atom is 0.251 e. The Kier molecular flexibility index (Phi) is 6.51. The third-order valence-corrected chi connectivity index (χ3v) is 7.65. The number of hydrogen-bond donors (Lipinski definition) is 1. The lowest BCUT2D eigenvalue weighted by Gasteiger charge is -2.21. The van der Waals surface area contributed by atoms with E-state index in [0.717, 1.165) is 14.9 Å². The number of carbonyl (C=O) groups is 1. The molecule has 27 heavy (non-hydrogen) atoms. The predicted octanol–water partition coefficient (Wildman–Crippen LogP) is -0.281. The number of ether oxygens (including phenoxy) is 1. The maximum atomic E-state index is 12.5. The first-order valence-corrected chi connectivity index (χ1v) is 11.7. The molecule has 1 aliphatic rings. The van der Waals surface area contributed by atoms with Gasteiger partial charge in [-0.05, 0) is 24.3 Å². The Hall–Kier alpha value is -1.69. The van der Waals surface area contributed by atoms with Crippen LogP contribution in [0.5, 0.6) is 0 Å². The van der Waals surface area contributed by atoms with Crippen molar-refractivity contribution in [3.05, 3.63) is 29.8 Å². The average Bonchev–Trinajstić information content (AvgIpc) is 2.99. The van der Waals surface area contributed by atoms with Crippen LogP contribution >= 0.6 is 0 Å². The molecule has 1 aliphatic heterocycles. The van der Waals surface area contributed by atoms with Gasteiger partial charge in [0.25, 0.3) is 5.91 Å². The van der Waals surface area contributed by atoms with Crippen molar-refractivity contribution in [2.24, 2.45) is 5.92 Å². The highest BCUT2D eigenvalue weighted by molar-refractivity contribution is 7.92. The van der Waals surface area contributed by atoms with Crippen LogP contribution in [0, 0.1) is 5.92 Å². The fraction of sp³-hybridized carbons (Fsp3) is 0.562. The summed E-state index contributed by atoms with van der Waals surface area (Å²) < 4.78 is 54.9. The van der Waals surface area contributed by atoms with Crippen LogP contribution in [0.2, 0.25) is 0 Å². The van der Waals surface area contributed by atoms with Gasteiger partial charge in [-0.3, -0.25) is 9.10 Å². The quantitative estimate of drug-likeness (QED) is 0.650. The van der Waals surface area contributed by atoms with E-state index in [1.165, 1.54) is 45.4 Å². The molecule has 2 atom stereocenters. The van der Waals surface area contributed by atoms with E-state index in [-0.39, 0.29) is 30.8 Å². The van der Waals surface area contributed by atoms with Crippen molar-refractivity contribution in [3.8, 4) is 0 Å². The molecular formula is C16H25N3O6S2. The number of rotatable bonds is 7. The van der Waals surface area contributed by atoms with Gasteiger partial charge < -0.3 is 10.1 Å². The van der Waals surface area contributed by atoms with Gasteiger partial charge in [0, 0.05) is 32.6 Å². The zero-order valence-corrected chi connectivity index (χ0v) is 17.4. The molecule has 0 spiro atoms. The second-order valence-electron chi connectivity index (χ2n) is 6.72. The third kappa shape index (κ3) is 5.41. The molecule has 0 saturated carbocycles. The van der Waals surface area contributed by atoms with Crippen LogP contribution in [-0.2, 0) is 24.8 Å². The first kappa shape index (κ1) is 21.6. The van der Waals surface area contributed by atoms with E-state index in [0.29, 0.717) is 11.3 Å². The lowest BCUT2D eigenvalue weighted by Crippen LogP contribution is -2.43. The Bertz CT molecular complexity index is 881. The second-order valence-corrected chi connectivity index (χ2v) is 11.0. The molecule has 0 unspecified atom stereocenters. The minimum Gasteiger partial charge on any atom is -0.379 e. The van der Waals surface area contributed by atoms with E-state index in [4.69, 9.17) is 4.74 Å². The zero-order chi connectivity index (χ0) is 20.4. The Balaban J connectivity index is 2.06. The second kappa shape index (κ2) is 8.13. The monoisotopic (exact) mass is 419 g/mol. The molecular weight excluding hydrogens is 394 g/mol. The Morgan fingerprint density at radius 1 is 1.11 bits per heavy atom. The molecule has 0 radical (unpaired) electrons. The molecule has 0 aliphatic carbocycles. The topological polar surface area (TPSA) is 113 Å². The summed E-state index contributed by atoms with van der Waals surface area (Å²) in [5.74, 6) is -0.813. The van der Waals surface area contributed by atoms with Crippen molar-refractivity contribution >= 4 is 31.6 Å². The van der Waals surface area contributed by atoms with E-state index in [9.17, 15) is 21.6 Å². The van der Waals surface area contributed by atoms with Crippen molar-refractivity contribution < 1.29 is 26.4 Å². The zero-order valence-electron chi connectivity index (χ0n) is 15.7. The fourth-order valence-electron chi connectivity index (χ4n) is 2.61. The predicted molar refractivity (Wildman–Crippen MR) is 103 cm³/mol. The average molecular weight is 420 g/mol. The summed E-state index contributed by atoms with van der Waals surface area (Å²) in [6.45, 7) is 0.504. The Morgan fingerprint density at radius 2 is 1.70 bits per heavy atom. The van der Waals surface area contributed by atoms with Crippen LogP contribution in [-0.4, -0.2) is 79.5 Å². The molecule has 11 heteroatoms. The van der Waals surface area contributed by atoms with Gasteiger partial charge in [0.15, 0.2) is 0 Å². The highest BCUT2D eigenvalue weighted by Crippen LogP contribution is 2.19.